The van der Waals surface area contributed by atoms with Gasteiger partial charge in [-0.2, -0.15) is 0 Å². The van der Waals surface area contributed by atoms with Crippen molar-refractivity contribution >= 4 is 29.1 Å². The van der Waals surface area contributed by atoms with Crippen molar-refractivity contribution in [1.82, 2.24) is 9.97 Å². The molecule has 1 aliphatic rings. The molecular weight excluding hydrogens is 400 g/mol. The lowest BCUT2D eigenvalue weighted by Gasteiger charge is -2.26. The van der Waals surface area contributed by atoms with Crippen molar-refractivity contribution in [3.8, 4) is 16.9 Å². The van der Waals surface area contributed by atoms with Crippen molar-refractivity contribution in [2.75, 3.05) is 30.4 Å². The number of halogens is 1. The number of benzene rings is 2. The molecule has 6 nitrogen and oxygen atoms in total. The van der Waals surface area contributed by atoms with Gasteiger partial charge in [-0.25, -0.2) is 9.97 Å². The smallest absolute Gasteiger partial charge is 0.255 e. The van der Waals surface area contributed by atoms with Crippen LogP contribution in [0.5, 0.6) is 5.75 Å². The number of carbonyl (C=O) groups excluding carboxylic acids is 1. The minimum atomic E-state index is -0.219. The molecule has 3 aromatic rings. The summed E-state index contributed by atoms with van der Waals surface area (Å²) in [5.74, 6) is 1.11. The maximum atomic E-state index is 12.7. The van der Waals surface area contributed by atoms with Gasteiger partial charge in [-0.15, -0.1) is 0 Å². The van der Waals surface area contributed by atoms with E-state index >= 15 is 0 Å². The van der Waals surface area contributed by atoms with Crippen LogP contribution in [0.2, 0.25) is 5.02 Å². The highest BCUT2D eigenvalue weighted by Crippen LogP contribution is 2.28. The lowest BCUT2D eigenvalue weighted by atomic mass is 10.1. The third-order valence-electron chi connectivity index (χ3n) is 5.14. The molecule has 30 heavy (non-hydrogen) atoms. The molecule has 4 rings (SSSR count). The van der Waals surface area contributed by atoms with Crippen LogP contribution < -0.4 is 15.0 Å². The molecule has 2 aromatic carbocycles. The van der Waals surface area contributed by atoms with Gasteiger partial charge in [-0.1, -0.05) is 23.7 Å². The molecule has 1 fully saturated rings. The van der Waals surface area contributed by atoms with Gasteiger partial charge >= 0.3 is 0 Å². The topological polar surface area (TPSA) is 67.3 Å². The largest absolute Gasteiger partial charge is 0.495 e. The standard InChI is InChI=1S/C23H23ClN4O2/c1-30-21-9-8-19(13-20(21)24)27-22(29)17-7-5-6-16(12-17)18-14-25-23(26-15-18)28-10-3-2-4-11-28/h5-9,12-15H,2-4,10-11H2,1H3,(H,27,29). The summed E-state index contributed by atoms with van der Waals surface area (Å²) in [7, 11) is 1.55. The average Bonchev–Trinajstić information content (AvgIpc) is 2.80. The van der Waals surface area contributed by atoms with E-state index in [2.05, 4.69) is 20.2 Å². The van der Waals surface area contributed by atoms with E-state index in [1.165, 1.54) is 19.3 Å². The zero-order chi connectivity index (χ0) is 20.9. The molecule has 1 aliphatic heterocycles. The summed E-state index contributed by atoms with van der Waals surface area (Å²) >= 11 is 6.14. The van der Waals surface area contributed by atoms with Crippen LogP contribution in [-0.2, 0) is 0 Å². The van der Waals surface area contributed by atoms with Gasteiger partial charge in [0.15, 0.2) is 0 Å². The Balaban J connectivity index is 1.49. The van der Waals surface area contributed by atoms with E-state index in [9.17, 15) is 4.79 Å². The molecule has 0 unspecified atom stereocenters. The third kappa shape index (κ3) is 4.54. The number of aromatic nitrogens is 2. The summed E-state index contributed by atoms with van der Waals surface area (Å²) < 4.78 is 5.14. The number of nitrogens with zero attached hydrogens (tertiary/aromatic N) is 3. The molecule has 7 heteroatoms. The monoisotopic (exact) mass is 422 g/mol. The number of hydrogen-bond donors (Lipinski definition) is 1. The Hall–Kier alpha value is -3.12. The summed E-state index contributed by atoms with van der Waals surface area (Å²) in [6.07, 6.45) is 7.27. The van der Waals surface area contributed by atoms with E-state index in [0.717, 1.165) is 30.2 Å². The highest BCUT2D eigenvalue weighted by Gasteiger charge is 2.14. The maximum Gasteiger partial charge on any atom is 0.255 e. The first-order chi connectivity index (χ1) is 14.6. The Morgan fingerprint density at radius 1 is 1.03 bits per heavy atom. The number of amides is 1. The van der Waals surface area contributed by atoms with Gasteiger partial charge in [0.2, 0.25) is 5.95 Å². The minimum absolute atomic E-state index is 0.219. The predicted molar refractivity (Wildman–Crippen MR) is 119 cm³/mol. The molecule has 1 N–H and O–H groups in total. The Morgan fingerprint density at radius 3 is 2.50 bits per heavy atom. The van der Waals surface area contributed by atoms with Gasteiger partial charge in [-0.3, -0.25) is 4.79 Å². The first-order valence-corrected chi connectivity index (χ1v) is 10.3. The summed E-state index contributed by atoms with van der Waals surface area (Å²) in [6, 6.07) is 12.5. The van der Waals surface area contributed by atoms with Crippen LogP contribution in [0.15, 0.2) is 54.9 Å². The molecule has 2 heterocycles. The second-order valence-corrected chi connectivity index (χ2v) is 7.61. The van der Waals surface area contributed by atoms with E-state index in [-0.39, 0.29) is 5.91 Å². The molecule has 1 saturated heterocycles. The lowest BCUT2D eigenvalue weighted by molar-refractivity contribution is 0.102. The SMILES string of the molecule is COc1ccc(NC(=O)c2cccc(-c3cnc(N4CCCCC4)nc3)c2)cc1Cl. The predicted octanol–water partition coefficient (Wildman–Crippen LogP) is 5.05. The third-order valence-corrected chi connectivity index (χ3v) is 5.44. The van der Waals surface area contributed by atoms with Crippen LogP contribution in [0.3, 0.4) is 0 Å². The number of ether oxygens (including phenoxy) is 1. The first kappa shape index (κ1) is 20.2. The molecule has 0 bridgehead atoms. The van der Waals surface area contributed by atoms with Crippen LogP contribution >= 0.6 is 11.6 Å². The quantitative estimate of drug-likeness (QED) is 0.623. The highest BCUT2D eigenvalue weighted by atomic mass is 35.5. The number of rotatable bonds is 5. The van der Waals surface area contributed by atoms with Crippen molar-refractivity contribution in [1.29, 1.82) is 0 Å². The average molecular weight is 423 g/mol. The fraction of sp³-hybridized carbons (Fsp3) is 0.261. The van der Waals surface area contributed by atoms with Crippen molar-refractivity contribution in [3.05, 3.63) is 65.4 Å². The van der Waals surface area contributed by atoms with E-state index < -0.39 is 0 Å². The van der Waals surface area contributed by atoms with Crippen LogP contribution in [0.4, 0.5) is 11.6 Å². The van der Waals surface area contributed by atoms with E-state index in [1.807, 2.05) is 30.6 Å². The summed E-state index contributed by atoms with van der Waals surface area (Å²) in [5, 5.41) is 3.30. The Morgan fingerprint density at radius 2 is 1.80 bits per heavy atom. The summed E-state index contributed by atoms with van der Waals surface area (Å²) in [6.45, 7) is 2.01. The van der Waals surface area contributed by atoms with Gasteiger partial charge < -0.3 is 15.0 Å². The highest BCUT2D eigenvalue weighted by molar-refractivity contribution is 6.32. The van der Waals surface area contributed by atoms with Crippen molar-refractivity contribution in [2.24, 2.45) is 0 Å². The molecule has 0 spiro atoms. The van der Waals surface area contributed by atoms with Crippen molar-refractivity contribution in [3.63, 3.8) is 0 Å². The van der Waals surface area contributed by atoms with Crippen molar-refractivity contribution < 1.29 is 9.53 Å². The van der Waals surface area contributed by atoms with E-state index in [0.29, 0.717) is 22.0 Å². The van der Waals surface area contributed by atoms with Gasteiger partial charge in [0.05, 0.1) is 12.1 Å². The number of carbonyl (C=O) groups is 1. The minimum Gasteiger partial charge on any atom is -0.495 e. The lowest BCUT2D eigenvalue weighted by Crippen LogP contribution is -2.30. The normalized spacial score (nSPS) is 13.7. The molecule has 0 saturated carbocycles. The number of piperidine rings is 1. The Labute approximate surface area is 180 Å². The molecular formula is C23H23ClN4O2. The number of methoxy groups -OCH3 is 1. The van der Waals surface area contributed by atoms with Crippen LogP contribution in [0.25, 0.3) is 11.1 Å². The molecule has 1 amide bonds. The van der Waals surface area contributed by atoms with E-state index in [1.54, 1.807) is 31.4 Å². The first-order valence-electron chi connectivity index (χ1n) is 9.96. The number of anilines is 2. The second-order valence-electron chi connectivity index (χ2n) is 7.20. The number of nitrogens with one attached hydrogen (secondary N) is 1. The zero-order valence-electron chi connectivity index (χ0n) is 16.8. The Kier molecular flexibility index (Phi) is 6.14. The fourth-order valence-corrected chi connectivity index (χ4v) is 3.77. The number of hydrogen-bond acceptors (Lipinski definition) is 5. The van der Waals surface area contributed by atoms with Crippen molar-refractivity contribution in [2.45, 2.75) is 19.3 Å². The molecule has 0 aliphatic carbocycles. The van der Waals surface area contributed by atoms with Gasteiger partial charge in [0.1, 0.15) is 5.75 Å². The van der Waals surface area contributed by atoms with Crippen LogP contribution in [-0.4, -0.2) is 36.1 Å². The van der Waals surface area contributed by atoms with Gasteiger partial charge in [0.25, 0.3) is 5.91 Å². The molecule has 1 aromatic heterocycles. The van der Waals surface area contributed by atoms with Gasteiger partial charge in [-0.05, 0) is 55.2 Å². The van der Waals surface area contributed by atoms with Gasteiger partial charge in [0, 0.05) is 42.3 Å². The Bertz CT molecular complexity index is 1030. The second kappa shape index (κ2) is 9.13. The molecule has 0 radical (unpaired) electrons. The summed E-state index contributed by atoms with van der Waals surface area (Å²) in [5.41, 5.74) is 2.91. The molecule has 154 valence electrons. The molecule has 0 atom stereocenters. The fourth-order valence-electron chi connectivity index (χ4n) is 3.51. The maximum absolute atomic E-state index is 12.7. The summed E-state index contributed by atoms with van der Waals surface area (Å²) in [4.78, 5) is 24.0. The zero-order valence-corrected chi connectivity index (χ0v) is 17.5. The van der Waals surface area contributed by atoms with Crippen LogP contribution in [0.1, 0.15) is 29.6 Å². The van der Waals surface area contributed by atoms with Crippen LogP contribution in [0, 0.1) is 0 Å². The van der Waals surface area contributed by atoms with E-state index in [4.69, 9.17) is 16.3 Å².